The molecule has 198 valence electrons. The Labute approximate surface area is 226 Å². The fraction of sp³-hybridized carbons (Fsp3) is 0.407. The minimum Gasteiger partial charge on any atom is -0.403 e. The number of nitrogens with one attached hydrogen (secondary N) is 3. The molecule has 1 heterocycles. The highest BCUT2D eigenvalue weighted by Gasteiger charge is 2.31. The predicted molar refractivity (Wildman–Crippen MR) is 161 cm³/mol. The second kappa shape index (κ2) is 17.1. The van der Waals surface area contributed by atoms with Crippen molar-refractivity contribution in [2.75, 3.05) is 11.9 Å². The zero-order valence-corrected chi connectivity index (χ0v) is 23.4. The molecule has 36 heavy (non-hydrogen) atoms. The van der Waals surface area contributed by atoms with Crippen LogP contribution in [0.3, 0.4) is 0 Å². The summed E-state index contributed by atoms with van der Waals surface area (Å²) in [5.41, 5.74) is 11.1. The highest BCUT2D eigenvalue weighted by molar-refractivity contribution is 7.79. The molecule has 0 radical (unpaired) electrons. The van der Waals surface area contributed by atoms with Crippen LogP contribution in [0.1, 0.15) is 69.7 Å². The predicted octanol–water partition coefficient (Wildman–Crippen LogP) is 7.56. The third kappa shape index (κ3) is 9.55. The Balaban J connectivity index is 0.000000826. The van der Waals surface area contributed by atoms with E-state index in [2.05, 4.69) is 50.2 Å². The van der Waals surface area contributed by atoms with Gasteiger partial charge in [0.2, 0.25) is 5.69 Å². The first-order valence-electron chi connectivity index (χ1n) is 12.4. The van der Waals surface area contributed by atoms with E-state index in [-0.39, 0.29) is 0 Å². The maximum absolute atomic E-state index is 10.9. The van der Waals surface area contributed by atoms with Crippen LogP contribution in [-0.2, 0) is 0 Å². The second-order valence-electron chi connectivity index (χ2n) is 8.21. The van der Waals surface area contributed by atoms with Crippen molar-refractivity contribution < 1.29 is 5.21 Å². The summed E-state index contributed by atoms with van der Waals surface area (Å²) in [6.45, 7) is 14.1. The van der Waals surface area contributed by atoms with Crippen LogP contribution in [-0.4, -0.2) is 23.0 Å². The molecule has 1 aromatic carbocycles. The zero-order valence-electron chi connectivity index (χ0n) is 21.7. The van der Waals surface area contributed by atoms with E-state index in [1.807, 2.05) is 31.3 Å². The van der Waals surface area contributed by atoms with E-state index < -0.39 is 4.16 Å². The van der Waals surface area contributed by atoms with Gasteiger partial charge in [0, 0.05) is 42.8 Å². The number of aromatic nitrogens is 1. The summed E-state index contributed by atoms with van der Waals surface area (Å²) in [6, 6.07) is 5.63. The Morgan fingerprint density at radius 2 is 2.00 bits per heavy atom. The van der Waals surface area contributed by atoms with E-state index in [1.165, 1.54) is 49.7 Å². The number of unbranched alkanes of at least 4 members (excludes halogenated alkanes) is 1. The van der Waals surface area contributed by atoms with E-state index in [0.717, 1.165) is 23.1 Å². The minimum atomic E-state index is -0.760. The van der Waals surface area contributed by atoms with Crippen molar-refractivity contribution in [3.05, 3.63) is 67.1 Å². The van der Waals surface area contributed by atoms with Crippen LogP contribution >= 0.6 is 24.2 Å². The third-order valence-electron chi connectivity index (χ3n) is 5.57. The minimum absolute atomic E-state index is 0.458. The maximum atomic E-state index is 10.9. The van der Waals surface area contributed by atoms with Gasteiger partial charge in [-0.25, -0.2) is 4.98 Å². The average Bonchev–Trinajstić information content (AvgIpc) is 3.40. The van der Waals surface area contributed by atoms with Gasteiger partial charge >= 0.3 is 0 Å². The Hall–Kier alpha value is -2.43. The summed E-state index contributed by atoms with van der Waals surface area (Å²) in [5, 5.41) is 22.6. The number of allylic oxidation sites excluding steroid dienone is 2. The number of rotatable bonds is 10. The van der Waals surface area contributed by atoms with Crippen molar-refractivity contribution in [1.29, 1.82) is 5.41 Å². The van der Waals surface area contributed by atoms with Crippen LogP contribution in [0.4, 0.5) is 11.4 Å². The Morgan fingerprint density at radius 3 is 2.53 bits per heavy atom. The molecule has 1 unspecified atom stereocenters. The van der Waals surface area contributed by atoms with Crippen LogP contribution in [0.15, 0.2) is 62.1 Å². The molecule has 2 aromatic rings. The lowest BCUT2D eigenvalue weighted by molar-refractivity contribution is -0.0185. The van der Waals surface area contributed by atoms with Crippen molar-refractivity contribution in [3.8, 4) is 10.4 Å². The van der Waals surface area contributed by atoms with E-state index in [0.29, 0.717) is 29.5 Å². The van der Waals surface area contributed by atoms with Crippen LogP contribution in [0.25, 0.3) is 10.4 Å². The number of hydrogen-bond donors (Lipinski definition) is 6. The lowest BCUT2D eigenvalue weighted by Crippen LogP contribution is -2.48. The van der Waals surface area contributed by atoms with Crippen LogP contribution in [0, 0.1) is 5.41 Å². The number of quaternary nitrogens is 1. The molecule has 1 fully saturated rings. The Bertz CT molecular complexity index is 967. The number of nitrogens with two attached hydrogens (primary N) is 1. The number of hydrogen-bond acceptors (Lipinski definition) is 8. The lowest BCUT2D eigenvalue weighted by Gasteiger charge is -2.24. The molecular formula is C27H43N6OS2+. The molecule has 1 atom stereocenters. The van der Waals surface area contributed by atoms with Crippen molar-refractivity contribution in [2.45, 2.75) is 64.7 Å². The van der Waals surface area contributed by atoms with Crippen LogP contribution < -0.4 is 20.6 Å². The first kappa shape index (κ1) is 31.6. The van der Waals surface area contributed by atoms with E-state index in [4.69, 9.17) is 16.1 Å². The monoisotopic (exact) mass is 531 g/mol. The van der Waals surface area contributed by atoms with Gasteiger partial charge in [0.25, 0.3) is 0 Å². The molecule has 0 aliphatic heterocycles. The molecule has 1 aliphatic rings. The number of nitrogens with zero attached hydrogens (tertiary/aromatic N) is 2. The summed E-state index contributed by atoms with van der Waals surface area (Å²) >= 11 is 6.11. The van der Waals surface area contributed by atoms with Crippen molar-refractivity contribution >= 4 is 41.7 Å². The zero-order chi connectivity index (χ0) is 27.0. The SMILES string of the molecule is C=C.C=CCCC.CCN[N+](O)(S)c1cc(N/C(C=N)=C/N)ccc1-c1cnc(C2CCCCC2)s1. The van der Waals surface area contributed by atoms with Gasteiger partial charge in [-0.2, -0.15) is 5.21 Å². The molecule has 0 saturated heterocycles. The number of anilines is 1. The first-order chi connectivity index (χ1) is 17.4. The summed E-state index contributed by atoms with van der Waals surface area (Å²) < 4.78 is -0.760. The van der Waals surface area contributed by atoms with Crippen molar-refractivity contribution in [2.24, 2.45) is 5.73 Å². The van der Waals surface area contributed by atoms with Gasteiger partial charge < -0.3 is 16.5 Å². The Morgan fingerprint density at radius 1 is 1.31 bits per heavy atom. The van der Waals surface area contributed by atoms with Gasteiger partial charge in [0.1, 0.15) is 12.8 Å². The largest absolute Gasteiger partial charge is 0.403 e. The van der Waals surface area contributed by atoms with Gasteiger partial charge in [0.15, 0.2) is 0 Å². The molecular weight excluding hydrogens is 488 g/mol. The molecule has 6 N–H and O–H groups in total. The molecule has 1 saturated carbocycles. The third-order valence-corrected chi connectivity index (χ3v) is 7.12. The number of thiol groups is 1. The lowest BCUT2D eigenvalue weighted by atomic mass is 9.90. The molecule has 3 rings (SSSR count). The number of thiazole rings is 1. The normalized spacial score (nSPS) is 15.4. The highest BCUT2D eigenvalue weighted by Crippen LogP contribution is 2.42. The highest BCUT2D eigenvalue weighted by atomic mass is 32.1. The molecule has 0 amide bonds. The van der Waals surface area contributed by atoms with E-state index in [1.54, 1.807) is 17.4 Å². The molecule has 0 bridgehead atoms. The smallest absolute Gasteiger partial charge is 0.208 e. The van der Waals surface area contributed by atoms with Gasteiger partial charge in [-0.3, -0.25) is 0 Å². The molecule has 0 spiro atoms. The van der Waals surface area contributed by atoms with E-state index >= 15 is 0 Å². The molecule has 7 nitrogen and oxygen atoms in total. The van der Waals surface area contributed by atoms with Gasteiger partial charge in [-0.1, -0.05) is 38.7 Å². The summed E-state index contributed by atoms with van der Waals surface area (Å²) in [5.74, 6) is 0.537. The van der Waals surface area contributed by atoms with Gasteiger partial charge in [-0.15, -0.1) is 36.5 Å². The average molecular weight is 532 g/mol. The van der Waals surface area contributed by atoms with Crippen LogP contribution in [0.5, 0.6) is 0 Å². The second-order valence-corrected chi connectivity index (χ2v) is 9.85. The van der Waals surface area contributed by atoms with E-state index in [9.17, 15) is 5.21 Å². The van der Waals surface area contributed by atoms with Gasteiger partial charge in [0.05, 0.1) is 21.1 Å². The Kier molecular flexibility index (Phi) is 15.0. The maximum Gasteiger partial charge on any atom is 0.208 e. The van der Waals surface area contributed by atoms with Crippen molar-refractivity contribution in [3.63, 3.8) is 0 Å². The number of benzene rings is 1. The molecule has 1 aliphatic carbocycles. The quantitative estimate of drug-likeness (QED) is 0.0623. The topological polar surface area (TPSA) is 107 Å². The standard InChI is InChI=1S/C20H29N6OS2.C5H10.C2H4/c1-2-24-26(27,28)18-10-15(25-16(11-21)12-22)8-9-17(18)19-13-23-20(29-19)14-6-4-3-5-7-14;1-3-5-4-2;1-2/h8-14,21,24-25,27-28H,2-7,22H2,1H3;3H,1,4-5H2,2H3;1-2H2/q+1;;/b16-12+,21-11?;;. The molecule has 9 heteroatoms. The first-order valence-corrected chi connectivity index (χ1v) is 13.6. The summed E-state index contributed by atoms with van der Waals surface area (Å²) in [6.07, 6.45) is 14.9. The van der Waals surface area contributed by atoms with Gasteiger partial charge in [-0.05, 0) is 42.5 Å². The fourth-order valence-electron chi connectivity index (χ4n) is 3.83. The fourth-order valence-corrected chi connectivity index (χ4v) is 5.26. The summed E-state index contributed by atoms with van der Waals surface area (Å²) in [4.78, 5) is 5.69. The summed E-state index contributed by atoms with van der Waals surface area (Å²) in [7, 11) is 0. The van der Waals surface area contributed by atoms with Crippen LogP contribution in [0.2, 0.25) is 0 Å². The molecule has 1 aromatic heterocycles. The van der Waals surface area contributed by atoms with Crippen molar-refractivity contribution in [1.82, 2.24) is 14.6 Å².